The van der Waals surface area contributed by atoms with Gasteiger partial charge >= 0.3 is 0 Å². The predicted octanol–water partition coefficient (Wildman–Crippen LogP) is 3.57. The van der Waals surface area contributed by atoms with Crippen molar-refractivity contribution in [2.24, 2.45) is 0 Å². The number of rotatable bonds is 5. The molecule has 0 saturated carbocycles. The Balaban J connectivity index is 1.67. The number of pyridine rings is 1. The molecule has 2 N–H and O–H groups in total. The lowest BCUT2D eigenvalue weighted by Crippen LogP contribution is -2.23. The van der Waals surface area contributed by atoms with Crippen molar-refractivity contribution in [3.63, 3.8) is 0 Å². The molecule has 26 heavy (non-hydrogen) atoms. The van der Waals surface area contributed by atoms with E-state index in [1.54, 1.807) is 36.7 Å². The van der Waals surface area contributed by atoms with Crippen molar-refractivity contribution >= 4 is 17.5 Å². The van der Waals surface area contributed by atoms with Crippen molar-refractivity contribution in [2.75, 3.05) is 5.32 Å². The minimum Gasteiger partial charge on any atom is -0.348 e. The van der Waals surface area contributed by atoms with Gasteiger partial charge < -0.3 is 10.6 Å². The Kier molecular flexibility index (Phi) is 5.39. The molecule has 2 aromatic carbocycles. The zero-order valence-corrected chi connectivity index (χ0v) is 14.4. The second kappa shape index (κ2) is 8.07. The molecule has 0 unspecified atom stereocenters. The summed E-state index contributed by atoms with van der Waals surface area (Å²) in [7, 11) is 0. The molecule has 0 spiro atoms. The summed E-state index contributed by atoms with van der Waals surface area (Å²) in [5, 5.41) is 5.67. The predicted molar refractivity (Wildman–Crippen MR) is 101 cm³/mol. The molecule has 0 saturated heterocycles. The van der Waals surface area contributed by atoms with E-state index in [0.717, 1.165) is 16.8 Å². The molecule has 0 aliphatic heterocycles. The van der Waals surface area contributed by atoms with Crippen LogP contribution in [0.2, 0.25) is 0 Å². The Bertz CT molecular complexity index is 923. The third kappa shape index (κ3) is 4.54. The summed E-state index contributed by atoms with van der Waals surface area (Å²) in [4.78, 5) is 28.8. The van der Waals surface area contributed by atoms with Crippen molar-refractivity contribution in [2.45, 2.75) is 13.5 Å². The summed E-state index contributed by atoms with van der Waals surface area (Å²) in [6.45, 7) is 2.34. The van der Waals surface area contributed by atoms with Crippen molar-refractivity contribution in [1.82, 2.24) is 10.3 Å². The van der Waals surface area contributed by atoms with Crippen LogP contribution in [0.15, 0.2) is 73.1 Å². The van der Waals surface area contributed by atoms with Crippen LogP contribution in [-0.4, -0.2) is 16.8 Å². The van der Waals surface area contributed by atoms with Gasteiger partial charge in [0.2, 0.25) is 0 Å². The normalized spacial score (nSPS) is 10.2. The molecule has 0 bridgehead atoms. The number of aromatic nitrogens is 1. The molecule has 1 aromatic heterocycles. The zero-order chi connectivity index (χ0) is 18.4. The molecule has 0 radical (unpaired) electrons. The monoisotopic (exact) mass is 345 g/mol. The van der Waals surface area contributed by atoms with Gasteiger partial charge in [0, 0.05) is 35.8 Å². The van der Waals surface area contributed by atoms with Gasteiger partial charge in [-0.25, -0.2) is 0 Å². The molecule has 0 aliphatic rings. The van der Waals surface area contributed by atoms with Crippen molar-refractivity contribution < 1.29 is 9.59 Å². The highest BCUT2D eigenvalue weighted by molar-refractivity contribution is 6.06. The number of benzene rings is 2. The van der Waals surface area contributed by atoms with Gasteiger partial charge in [-0.1, -0.05) is 24.3 Å². The maximum Gasteiger partial charge on any atom is 0.255 e. The minimum absolute atomic E-state index is 0.237. The van der Waals surface area contributed by atoms with Crippen molar-refractivity contribution in [3.8, 4) is 0 Å². The number of hydrogen-bond donors (Lipinski definition) is 2. The molecule has 0 fully saturated rings. The Morgan fingerprint density at radius 1 is 0.923 bits per heavy atom. The van der Waals surface area contributed by atoms with Gasteiger partial charge in [0.15, 0.2) is 0 Å². The number of nitrogens with one attached hydrogen (secondary N) is 2. The first kappa shape index (κ1) is 17.4. The van der Waals surface area contributed by atoms with E-state index in [2.05, 4.69) is 15.6 Å². The molecule has 3 aromatic rings. The second-order valence-corrected chi connectivity index (χ2v) is 5.95. The third-order valence-corrected chi connectivity index (χ3v) is 3.84. The average molecular weight is 345 g/mol. The zero-order valence-electron chi connectivity index (χ0n) is 14.4. The number of hydrogen-bond acceptors (Lipinski definition) is 3. The summed E-state index contributed by atoms with van der Waals surface area (Å²) >= 11 is 0. The molecule has 0 aliphatic carbocycles. The van der Waals surface area contributed by atoms with Gasteiger partial charge in [0.05, 0.1) is 0 Å². The minimum atomic E-state index is -0.252. The van der Waals surface area contributed by atoms with Crippen LogP contribution in [0.4, 0.5) is 5.69 Å². The van der Waals surface area contributed by atoms with Crippen LogP contribution in [-0.2, 0) is 6.54 Å². The van der Waals surface area contributed by atoms with Crippen LogP contribution in [0.5, 0.6) is 0 Å². The molecule has 5 heteroatoms. The molecule has 2 amide bonds. The molecule has 3 rings (SSSR count). The van der Waals surface area contributed by atoms with Crippen LogP contribution in [0.3, 0.4) is 0 Å². The fraction of sp³-hybridized carbons (Fsp3) is 0.0952. The highest BCUT2D eigenvalue weighted by Crippen LogP contribution is 2.13. The number of nitrogens with zero attached hydrogens (tertiary/aromatic N) is 1. The number of carbonyl (C=O) groups excluding carboxylic acids is 2. The molecule has 0 atom stereocenters. The largest absolute Gasteiger partial charge is 0.348 e. The van der Waals surface area contributed by atoms with E-state index >= 15 is 0 Å². The van der Waals surface area contributed by atoms with Gasteiger partial charge in [-0.05, 0) is 54.4 Å². The Morgan fingerprint density at radius 2 is 1.69 bits per heavy atom. The SMILES string of the molecule is Cc1cccc(NC(=O)c2cccc(C(=O)NCc3cccnc3)c2)c1. The van der Waals surface area contributed by atoms with E-state index in [1.807, 2.05) is 43.3 Å². The van der Waals surface area contributed by atoms with Gasteiger partial charge in [0.1, 0.15) is 0 Å². The average Bonchev–Trinajstić information content (AvgIpc) is 2.67. The van der Waals surface area contributed by atoms with Gasteiger partial charge in [-0.15, -0.1) is 0 Å². The smallest absolute Gasteiger partial charge is 0.255 e. The number of amides is 2. The summed E-state index contributed by atoms with van der Waals surface area (Å²) in [6.07, 6.45) is 3.38. The standard InChI is InChI=1S/C21H19N3O2/c1-15-5-2-9-19(11-15)24-21(26)18-8-3-7-17(12-18)20(25)23-14-16-6-4-10-22-13-16/h2-13H,14H2,1H3,(H,23,25)(H,24,26). The van der Waals surface area contributed by atoms with Crippen LogP contribution in [0.25, 0.3) is 0 Å². The van der Waals surface area contributed by atoms with Crippen LogP contribution in [0, 0.1) is 6.92 Å². The maximum absolute atomic E-state index is 12.4. The summed E-state index contributed by atoms with van der Waals surface area (Å²) < 4.78 is 0. The third-order valence-electron chi connectivity index (χ3n) is 3.84. The molecule has 1 heterocycles. The highest BCUT2D eigenvalue weighted by atomic mass is 16.2. The summed E-state index contributed by atoms with van der Waals surface area (Å²) in [5.74, 6) is -0.489. The van der Waals surface area contributed by atoms with E-state index in [0.29, 0.717) is 17.7 Å². The summed E-state index contributed by atoms with van der Waals surface area (Å²) in [5.41, 5.74) is 3.56. The van der Waals surface area contributed by atoms with E-state index in [-0.39, 0.29) is 11.8 Å². The maximum atomic E-state index is 12.4. The Hall–Kier alpha value is -3.47. The molecular weight excluding hydrogens is 326 g/mol. The van der Waals surface area contributed by atoms with Crippen LogP contribution < -0.4 is 10.6 Å². The lowest BCUT2D eigenvalue weighted by atomic mass is 10.1. The molecule has 130 valence electrons. The lowest BCUT2D eigenvalue weighted by molar-refractivity contribution is 0.0951. The van der Waals surface area contributed by atoms with E-state index < -0.39 is 0 Å². The number of carbonyl (C=O) groups is 2. The van der Waals surface area contributed by atoms with Gasteiger partial charge in [0.25, 0.3) is 11.8 Å². The van der Waals surface area contributed by atoms with E-state index in [1.165, 1.54) is 0 Å². The van der Waals surface area contributed by atoms with E-state index in [9.17, 15) is 9.59 Å². The first-order chi connectivity index (χ1) is 12.6. The van der Waals surface area contributed by atoms with Crippen molar-refractivity contribution in [1.29, 1.82) is 0 Å². The summed E-state index contributed by atoms with van der Waals surface area (Å²) in [6, 6.07) is 17.9. The first-order valence-corrected chi connectivity index (χ1v) is 8.27. The Labute approximate surface area is 152 Å². The van der Waals surface area contributed by atoms with Crippen molar-refractivity contribution in [3.05, 3.63) is 95.3 Å². The molecule has 5 nitrogen and oxygen atoms in total. The topological polar surface area (TPSA) is 71.1 Å². The van der Waals surface area contributed by atoms with Gasteiger partial charge in [-0.2, -0.15) is 0 Å². The highest BCUT2D eigenvalue weighted by Gasteiger charge is 2.11. The van der Waals surface area contributed by atoms with Gasteiger partial charge in [-0.3, -0.25) is 14.6 Å². The number of aryl methyl sites for hydroxylation is 1. The fourth-order valence-corrected chi connectivity index (χ4v) is 2.51. The lowest BCUT2D eigenvalue weighted by Gasteiger charge is -2.08. The first-order valence-electron chi connectivity index (χ1n) is 8.27. The second-order valence-electron chi connectivity index (χ2n) is 5.95. The quantitative estimate of drug-likeness (QED) is 0.742. The van der Waals surface area contributed by atoms with Crippen LogP contribution >= 0.6 is 0 Å². The van der Waals surface area contributed by atoms with Crippen LogP contribution in [0.1, 0.15) is 31.8 Å². The van der Waals surface area contributed by atoms with E-state index in [4.69, 9.17) is 0 Å². The molecular formula is C21H19N3O2. The Morgan fingerprint density at radius 3 is 2.42 bits per heavy atom. The number of anilines is 1. The fourth-order valence-electron chi connectivity index (χ4n) is 2.51.